The van der Waals surface area contributed by atoms with E-state index in [1.807, 2.05) is 13.0 Å². The number of fused-ring (bicyclic) bond motifs is 2. The molecule has 0 saturated carbocycles. The molecule has 2 atom stereocenters. The highest BCUT2D eigenvalue weighted by Crippen LogP contribution is 2.40. The van der Waals surface area contributed by atoms with Crippen molar-refractivity contribution >= 4 is 17.4 Å². The zero-order valence-corrected chi connectivity index (χ0v) is 11.5. The number of aryl methyl sites for hydroxylation is 1. The maximum Gasteiger partial charge on any atom is 0.218 e. The van der Waals surface area contributed by atoms with Crippen molar-refractivity contribution in [3.8, 4) is 5.88 Å². The Kier molecular flexibility index (Phi) is 3.06. The lowest BCUT2D eigenvalue weighted by Crippen LogP contribution is -2.44. The summed E-state index contributed by atoms with van der Waals surface area (Å²) in [6, 6.07) is 3.00. The predicted molar refractivity (Wildman–Crippen MR) is 71.5 cm³/mol. The Morgan fingerprint density at radius 1 is 1.28 bits per heavy atom. The molecular weight excluding hydrogens is 250 g/mol. The van der Waals surface area contributed by atoms with Crippen LogP contribution in [0.5, 0.6) is 5.88 Å². The number of rotatable bonds is 2. The van der Waals surface area contributed by atoms with Crippen LogP contribution in [0.3, 0.4) is 0 Å². The standard InChI is InChI=1S/C13H18ClN3O/c1-8-15-12(7-13(16-8)18-2)17-10-3-4-11(17)6-9(14)5-10/h7,9-11H,3-6H2,1-2H3. The summed E-state index contributed by atoms with van der Waals surface area (Å²) in [4.78, 5) is 11.2. The van der Waals surface area contributed by atoms with Gasteiger partial charge in [-0.1, -0.05) is 0 Å². The van der Waals surface area contributed by atoms with Crippen molar-refractivity contribution in [2.24, 2.45) is 0 Å². The van der Waals surface area contributed by atoms with Crippen LogP contribution in [-0.4, -0.2) is 34.5 Å². The topological polar surface area (TPSA) is 38.2 Å². The lowest BCUT2D eigenvalue weighted by atomic mass is 10.0. The van der Waals surface area contributed by atoms with Gasteiger partial charge in [0.2, 0.25) is 5.88 Å². The molecule has 3 rings (SSSR count). The molecule has 0 radical (unpaired) electrons. The molecule has 2 saturated heterocycles. The van der Waals surface area contributed by atoms with Crippen molar-refractivity contribution in [2.75, 3.05) is 12.0 Å². The minimum Gasteiger partial charge on any atom is -0.481 e. The normalized spacial score (nSPS) is 30.6. The van der Waals surface area contributed by atoms with Crippen LogP contribution in [0.1, 0.15) is 31.5 Å². The maximum absolute atomic E-state index is 6.30. The molecule has 2 bridgehead atoms. The fraction of sp³-hybridized carbons (Fsp3) is 0.692. The average molecular weight is 268 g/mol. The Balaban J connectivity index is 1.93. The molecule has 5 heteroatoms. The fourth-order valence-electron chi connectivity index (χ4n) is 3.25. The number of aromatic nitrogens is 2. The van der Waals surface area contributed by atoms with Crippen molar-refractivity contribution < 1.29 is 4.74 Å². The maximum atomic E-state index is 6.30. The lowest BCUT2D eigenvalue weighted by Gasteiger charge is -2.38. The second-order valence-electron chi connectivity index (χ2n) is 5.18. The second-order valence-corrected chi connectivity index (χ2v) is 5.79. The first-order chi connectivity index (χ1) is 8.67. The molecule has 2 unspecified atom stereocenters. The zero-order chi connectivity index (χ0) is 12.7. The van der Waals surface area contributed by atoms with E-state index in [-0.39, 0.29) is 0 Å². The fourth-order valence-corrected chi connectivity index (χ4v) is 3.66. The molecule has 18 heavy (non-hydrogen) atoms. The number of methoxy groups -OCH3 is 1. The quantitative estimate of drug-likeness (QED) is 0.772. The third kappa shape index (κ3) is 2.03. The first kappa shape index (κ1) is 12.0. The van der Waals surface area contributed by atoms with Gasteiger partial charge in [-0.15, -0.1) is 11.6 Å². The molecule has 1 aromatic rings. The number of halogens is 1. The first-order valence-electron chi connectivity index (χ1n) is 6.49. The summed E-state index contributed by atoms with van der Waals surface area (Å²) in [5, 5.41) is 0.323. The summed E-state index contributed by atoms with van der Waals surface area (Å²) in [5.41, 5.74) is 0. The number of anilines is 1. The molecule has 3 heterocycles. The molecule has 1 aromatic heterocycles. The largest absolute Gasteiger partial charge is 0.481 e. The van der Waals surface area contributed by atoms with Gasteiger partial charge in [0, 0.05) is 23.5 Å². The number of ether oxygens (including phenoxy) is 1. The summed E-state index contributed by atoms with van der Waals surface area (Å²) in [7, 11) is 1.64. The second kappa shape index (κ2) is 4.57. The van der Waals surface area contributed by atoms with Gasteiger partial charge >= 0.3 is 0 Å². The Bertz CT molecular complexity index is 440. The van der Waals surface area contributed by atoms with Crippen molar-refractivity contribution in [1.82, 2.24) is 9.97 Å². The van der Waals surface area contributed by atoms with Crippen molar-refractivity contribution in [1.29, 1.82) is 0 Å². The predicted octanol–water partition coefficient (Wildman–Crippen LogP) is 2.53. The Morgan fingerprint density at radius 3 is 2.56 bits per heavy atom. The SMILES string of the molecule is COc1cc(N2C3CCC2CC(Cl)C3)nc(C)n1. The molecule has 2 aliphatic heterocycles. The van der Waals surface area contributed by atoms with Gasteiger partial charge in [0.25, 0.3) is 0 Å². The van der Waals surface area contributed by atoms with Crippen LogP contribution in [0.25, 0.3) is 0 Å². The van der Waals surface area contributed by atoms with E-state index in [0.29, 0.717) is 23.3 Å². The first-order valence-corrected chi connectivity index (χ1v) is 6.93. The summed E-state index contributed by atoms with van der Waals surface area (Å²) in [6.07, 6.45) is 4.56. The van der Waals surface area contributed by atoms with Crippen LogP contribution in [-0.2, 0) is 0 Å². The van der Waals surface area contributed by atoms with Crippen LogP contribution in [0.15, 0.2) is 6.07 Å². The van der Waals surface area contributed by atoms with E-state index in [0.717, 1.165) is 24.5 Å². The highest BCUT2D eigenvalue weighted by atomic mass is 35.5. The summed E-state index contributed by atoms with van der Waals surface area (Å²) < 4.78 is 5.23. The molecule has 2 aliphatic rings. The van der Waals surface area contributed by atoms with Gasteiger partial charge in [-0.3, -0.25) is 0 Å². The molecule has 0 aromatic carbocycles. The van der Waals surface area contributed by atoms with Gasteiger partial charge in [0.1, 0.15) is 11.6 Å². The number of alkyl halides is 1. The van der Waals surface area contributed by atoms with Crippen LogP contribution < -0.4 is 9.64 Å². The van der Waals surface area contributed by atoms with Gasteiger partial charge in [-0.2, -0.15) is 4.98 Å². The molecule has 0 N–H and O–H groups in total. The number of piperidine rings is 1. The molecule has 4 nitrogen and oxygen atoms in total. The number of hydrogen-bond acceptors (Lipinski definition) is 4. The van der Waals surface area contributed by atoms with Gasteiger partial charge < -0.3 is 9.64 Å². The number of nitrogens with zero attached hydrogens (tertiary/aromatic N) is 3. The van der Waals surface area contributed by atoms with E-state index in [1.165, 1.54) is 12.8 Å². The highest BCUT2D eigenvalue weighted by molar-refractivity contribution is 6.20. The highest BCUT2D eigenvalue weighted by Gasteiger charge is 2.41. The van der Waals surface area contributed by atoms with E-state index in [1.54, 1.807) is 7.11 Å². The van der Waals surface area contributed by atoms with E-state index >= 15 is 0 Å². The summed E-state index contributed by atoms with van der Waals surface area (Å²) in [6.45, 7) is 1.90. The van der Waals surface area contributed by atoms with Crippen molar-refractivity contribution in [3.63, 3.8) is 0 Å². The van der Waals surface area contributed by atoms with Crippen LogP contribution in [0.4, 0.5) is 5.82 Å². The minimum atomic E-state index is 0.323. The zero-order valence-electron chi connectivity index (χ0n) is 10.8. The molecule has 0 spiro atoms. The van der Waals surface area contributed by atoms with E-state index < -0.39 is 0 Å². The van der Waals surface area contributed by atoms with Gasteiger partial charge in [-0.25, -0.2) is 4.98 Å². The summed E-state index contributed by atoms with van der Waals surface area (Å²) in [5.74, 6) is 2.40. The van der Waals surface area contributed by atoms with Gasteiger partial charge in [0.05, 0.1) is 7.11 Å². The minimum absolute atomic E-state index is 0.323. The average Bonchev–Trinajstić information content (AvgIpc) is 2.61. The Labute approximate surface area is 112 Å². The Morgan fingerprint density at radius 2 is 1.94 bits per heavy atom. The molecule has 2 fully saturated rings. The van der Waals surface area contributed by atoms with E-state index in [9.17, 15) is 0 Å². The van der Waals surface area contributed by atoms with Crippen LogP contribution >= 0.6 is 11.6 Å². The van der Waals surface area contributed by atoms with E-state index in [2.05, 4.69) is 14.9 Å². The molecule has 98 valence electrons. The monoisotopic (exact) mass is 267 g/mol. The van der Waals surface area contributed by atoms with E-state index in [4.69, 9.17) is 16.3 Å². The molecule has 0 aliphatic carbocycles. The third-order valence-electron chi connectivity index (χ3n) is 3.95. The Hall–Kier alpha value is -1.03. The van der Waals surface area contributed by atoms with Gasteiger partial charge in [-0.05, 0) is 32.6 Å². The summed E-state index contributed by atoms with van der Waals surface area (Å²) >= 11 is 6.30. The van der Waals surface area contributed by atoms with Gasteiger partial charge in [0.15, 0.2) is 0 Å². The molecular formula is C13H18ClN3O. The van der Waals surface area contributed by atoms with Crippen LogP contribution in [0.2, 0.25) is 0 Å². The molecule has 0 amide bonds. The third-order valence-corrected chi connectivity index (χ3v) is 4.31. The van der Waals surface area contributed by atoms with Crippen LogP contribution in [0, 0.1) is 6.92 Å². The smallest absolute Gasteiger partial charge is 0.218 e. The number of hydrogen-bond donors (Lipinski definition) is 0. The lowest BCUT2D eigenvalue weighted by molar-refractivity contribution is 0.394. The van der Waals surface area contributed by atoms with Crippen molar-refractivity contribution in [2.45, 2.75) is 50.1 Å². The van der Waals surface area contributed by atoms with Crippen molar-refractivity contribution in [3.05, 3.63) is 11.9 Å².